The van der Waals surface area contributed by atoms with Crippen LogP contribution in [0, 0.1) is 0 Å². The normalized spacial score (nSPS) is 10.7. The molecule has 0 amide bonds. The van der Waals surface area contributed by atoms with Crippen molar-refractivity contribution >= 4 is 10.8 Å². The molecule has 1 heterocycles. The summed E-state index contributed by atoms with van der Waals surface area (Å²) in [5.74, 6) is 1.57. The number of methoxy groups -OCH3 is 3. The minimum Gasteiger partial charge on any atom is -0.493 e. The Morgan fingerprint density at radius 3 is 1.97 bits per heavy atom. The average molecular weight is 387 g/mol. The lowest BCUT2D eigenvalue weighted by Gasteiger charge is -2.18. The predicted molar refractivity (Wildman–Crippen MR) is 115 cm³/mol. The lowest BCUT2D eigenvalue weighted by atomic mass is 10.0. The van der Waals surface area contributed by atoms with Gasteiger partial charge in [-0.15, -0.1) is 0 Å². The Balaban J connectivity index is 2.10. The van der Waals surface area contributed by atoms with Crippen LogP contribution in [0.2, 0.25) is 0 Å². The topological polar surface area (TPSA) is 49.7 Å². The molecule has 0 unspecified atom stereocenters. The summed E-state index contributed by atoms with van der Waals surface area (Å²) < 4.78 is 18.2. The minimum atomic E-state index is -0.0851. The molecule has 0 aliphatic rings. The molecule has 29 heavy (non-hydrogen) atoms. The second kappa shape index (κ2) is 7.72. The van der Waals surface area contributed by atoms with E-state index < -0.39 is 0 Å². The molecule has 146 valence electrons. The van der Waals surface area contributed by atoms with Crippen molar-refractivity contribution in [2.45, 2.75) is 0 Å². The molecule has 0 spiro atoms. The average Bonchev–Trinajstić information content (AvgIpc) is 2.78. The Hall–Kier alpha value is -3.73. The standard InChI is InChI=1S/C24H21NO4/c1-27-21-14-17(15-22(28-2)23(21)29-3)20-13-16-9-7-8-12-19(16)24(26)25(20)18-10-5-4-6-11-18/h4-15H,1-3H3. The number of fused-ring (bicyclic) bond motifs is 1. The van der Waals surface area contributed by atoms with Crippen molar-refractivity contribution in [1.29, 1.82) is 0 Å². The van der Waals surface area contributed by atoms with Crippen molar-refractivity contribution in [3.05, 3.63) is 83.2 Å². The molecule has 0 saturated heterocycles. The lowest BCUT2D eigenvalue weighted by molar-refractivity contribution is 0.324. The smallest absolute Gasteiger partial charge is 0.263 e. The van der Waals surface area contributed by atoms with E-state index in [1.807, 2.05) is 72.8 Å². The van der Waals surface area contributed by atoms with E-state index in [1.54, 1.807) is 25.9 Å². The summed E-state index contributed by atoms with van der Waals surface area (Å²) in [6.07, 6.45) is 0. The van der Waals surface area contributed by atoms with Gasteiger partial charge in [-0.25, -0.2) is 0 Å². The Morgan fingerprint density at radius 2 is 1.34 bits per heavy atom. The number of ether oxygens (including phenoxy) is 3. The van der Waals surface area contributed by atoms with E-state index in [0.29, 0.717) is 22.6 Å². The van der Waals surface area contributed by atoms with E-state index in [-0.39, 0.29) is 5.56 Å². The van der Waals surface area contributed by atoms with Crippen LogP contribution in [0.3, 0.4) is 0 Å². The number of hydrogen-bond donors (Lipinski definition) is 0. The van der Waals surface area contributed by atoms with Gasteiger partial charge in [-0.2, -0.15) is 0 Å². The quantitative estimate of drug-likeness (QED) is 0.499. The Morgan fingerprint density at radius 1 is 0.724 bits per heavy atom. The van der Waals surface area contributed by atoms with Gasteiger partial charge in [0, 0.05) is 16.6 Å². The maximum Gasteiger partial charge on any atom is 0.263 e. The minimum absolute atomic E-state index is 0.0851. The molecule has 0 fully saturated rings. The van der Waals surface area contributed by atoms with Gasteiger partial charge in [-0.05, 0) is 41.8 Å². The van der Waals surface area contributed by atoms with Crippen molar-refractivity contribution in [3.63, 3.8) is 0 Å². The van der Waals surface area contributed by atoms with Gasteiger partial charge in [-0.1, -0.05) is 36.4 Å². The number of benzene rings is 3. The molecule has 0 saturated carbocycles. The zero-order valence-electron chi connectivity index (χ0n) is 16.5. The number of rotatable bonds is 5. The van der Waals surface area contributed by atoms with E-state index >= 15 is 0 Å². The maximum absolute atomic E-state index is 13.4. The second-order valence-corrected chi connectivity index (χ2v) is 6.51. The predicted octanol–water partition coefficient (Wildman–Crippen LogP) is 4.68. The summed E-state index contributed by atoms with van der Waals surface area (Å²) in [5.41, 5.74) is 2.22. The highest BCUT2D eigenvalue weighted by atomic mass is 16.5. The molecule has 0 N–H and O–H groups in total. The molecule has 5 nitrogen and oxygen atoms in total. The van der Waals surface area contributed by atoms with Gasteiger partial charge >= 0.3 is 0 Å². The Kier molecular flexibility index (Phi) is 4.96. The van der Waals surface area contributed by atoms with E-state index in [4.69, 9.17) is 14.2 Å². The SMILES string of the molecule is COc1cc(-c2cc3ccccc3c(=O)n2-c2ccccc2)cc(OC)c1OC. The highest BCUT2D eigenvalue weighted by Gasteiger charge is 2.18. The van der Waals surface area contributed by atoms with E-state index in [1.165, 1.54) is 0 Å². The van der Waals surface area contributed by atoms with Gasteiger partial charge in [0.1, 0.15) is 0 Å². The monoisotopic (exact) mass is 387 g/mol. The van der Waals surface area contributed by atoms with Gasteiger partial charge in [0.15, 0.2) is 11.5 Å². The molecule has 0 bridgehead atoms. The van der Waals surface area contributed by atoms with Crippen LogP contribution in [0.15, 0.2) is 77.6 Å². The van der Waals surface area contributed by atoms with Crippen LogP contribution < -0.4 is 19.8 Å². The fourth-order valence-electron chi connectivity index (χ4n) is 3.53. The summed E-state index contributed by atoms with van der Waals surface area (Å²) in [6.45, 7) is 0. The van der Waals surface area contributed by atoms with Gasteiger partial charge in [0.25, 0.3) is 5.56 Å². The Bertz CT molecular complexity index is 1200. The molecule has 4 aromatic rings. The summed E-state index contributed by atoms with van der Waals surface area (Å²) in [4.78, 5) is 13.4. The third-order valence-corrected chi connectivity index (χ3v) is 4.90. The lowest BCUT2D eigenvalue weighted by Crippen LogP contribution is -2.20. The molecule has 0 radical (unpaired) electrons. The molecule has 0 aliphatic carbocycles. The highest BCUT2D eigenvalue weighted by Crippen LogP contribution is 2.41. The van der Waals surface area contributed by atoms with Crippen LogP contribution in [0.4, 0.5) is 0 Å². The van der Waals surface area contributed by atoms with Gasteiger partial charge in [-0.3, -0.25) is 9.36 Å². The zero-order chi connectivity index (χ0) is 20.4. The number of pyridine rings is 1. The largest absolute Gasteiger partial charge is 0.493 e. The van der Waals surface area contributed by atoms with Gasteiger partial charge < -0.3 is 14.2 Å². The van der Waals surface area contributed by atoms with Crippen LogP contribution in [-0.4, -0.2) is 25.9 Å². The fraction of sp³-hybridized carbons (Fsp3) is 0.125. The van der Waals surface area contributed by atoms with Crippen molar-refractivity contribution in [1.82, 2.24) is 4.57 Å². The van der Waals surface area contributed by atoms with Gasteiger partial charge in [0.2, 0.25) is 5.75 Å². The molecule has 4 rings (SSSR count). The summed E-state index contributed by atoms with van der Waals surface area (Å²) in [7, 11) is 4.72. The van der Waals surface area contributed by atoms with E-state index in [9.17, 15) is 4.79 Å². The zero-order valence-corrected chi connectivity index (χ0v) is 16.5. The van der Waals surface area contributed by atoms with Crippen LogP contribution in [0.25, 0.3) is 27.7 Å². The fourth-order valence-corrected chi connectivity index (χ4v) is 3.53. The van der Waals surface area contributed by atoms with Crippen molar-refractivity contribution in [3.8, 4) is 34.2 Å². The van der Waals surface area contributed by atoms with Crippen LogP contribution >= 0.6 is 0 Å². The third-order valence-electron chi connectivity index (χ3n) is 4.90. The Labute approximate surface area is 168 Å². The summed E-state index contributed by atoms with van der Waals surface area (Å²) in [6, 6.07) is 22.9. The number of hydrogen-bond acceptors (Lipinski definition) is 4. The molecular weight excluding hydrogens is 366 g/mol. The van der Waals surface area contributed by atoms with Crippen LogP contribution in [0.1, 0.15) is 0 Å². The van der Waals surface area contributed by atoms with Crippen LogP contribution in [0.5, 0.6) is 17.2 Å². The summed E-state index contributed by atoms with van der Waals surface area (Å²) >= 11 is 0. The highest BCUT2D eigenvalue weighted by molar-refractivity contribution is 5.86. The first-order chi connectivity index (χ1) is 14.2. The van der Waals surface area contributed by atoms with Crippen molar-refractivity contribution in [2.75, 3.05) is 21.3 Å². The third kappa shape index (κ3) is 3.21. The molecular formula is C24H21NO4. The molecule has 0 aliphatic heterocycles. The number of aromatic nitrogens is 1. The molecule has 5 heteroatoms. The summed E-state index contributed by atoms with van der Waals surface area (Å²) in [5, 5.41) is 1.53. The second-order valence-electron chi connectivity index (χ2n) is 6.51. The number of nitrogens with zero attached hydrogens (tertiary/aromatic N) is 1. The first-order valence-corrected chi connectivity index (χ1v) is 9.18. The van der Waals surface area contributed by atoms with Crippen molar-refractivity contribution < 1.29 is 14.2 Å². The molecule has 1 aromatic heterocycles. The van der Waals surface area contributed by atoms with E-state index in [0.717, 1.165) is 22.3 Å². The number of para-hydroxylation sites is 1. The van der Waals surface area contributed by atoms with Crippen molar-refractivity contribution in [2.24, 2.45) is 0 Å². The molecule has 3 aromatic carbocycles. The van der Waals surface area contributed by atoms with Gasteiger partial charge in [0.05, 0.1) is 27.0 Å². The van der Waals surface area contributed by atoms with Crippen LogP contribution in [-0.2, 0) is 0 Å². The molecule has 0 atom stereocenters. The first kappa shape index (κ1) is 18.6. The van der Waals surface area contributed by atoms with E-state index in [2.05, 4.69) is 0 Å². The maximum atomic E-state index is 13.4. The first-order valence-electron chi connectivity index (χ1n) is 9.18.